The van der Waals surface area contributed by atoms with E-state index in [1.807, 2.05) is 32.7 Å². The van der Waals surface area contributed by atoms with Crippen molar-refractivity contribution in [2.45, 2.75) is 38.8 Å². The van der Waals surface area contributed by atoms with Gasteiger partial charge in [-0.1, -0.05) is 0 Å². The van der Waals surface area contributed by atoms with Crippen molar-refractivity contribution in [1.82, 2.24) is 10.6 Å². The van der Waals surface area contributed by atoms with Crippen LogP contribution in [0.3, 0.4) is 0 Å². The van der Waals surface area contributed by atoms with Gasteiger partial charge in [0.25, 0.3) is 5.91 Å². The maximum atomic E-state index is 12.2. The van der Waals surface area contributed by atoms with Crippen molar-refractivity contribution in [2.24, 2.45) is 0 Å². The number of benzene rings is 1. The van der Waals surface area contributed by atoms with E-state index in [9.17, 15) is 9.59 Å². The third-order valence-electron chi connectivity index (χ3n) is 4.11. The Kier molecular flexibility index (Phi) is 6.47. The van der Waals surface area contributed by atoms with Gasteiger partial charge in [-0.15, -0.1) is 0 Å². The summed E-state index contributed by atoms with van der Waals surface area (Å²) in [5, 5.41) is 5.78. The Balaban J connectivity index is 2.07. The molecule has 7 nitrogen and oxygen atoms in total. The molecule has 0 aromatic heterocycles. The molecule has 0 aliphatic carbocycles. The summed E-state index contributed by atoms with van der Waals surface area (Å²) in [6, 6.07) is 5.24. The highest BCUT2D eigenvalue weighted by molar-refractivity contribution is 5.95. The third kappa shape index (κ3) is 5.36. The van der Waals surface area contributed by atoms with E-state index >= 15 is 0 Å². The highest BCUT2D eigenvalue weighted by Crippen LogP contribution is 2.34. The standard InChI is InChI=1S/C19H29N3O4/c1-19(2,3)21-17(23)11-14-12-26-16-7-6-13(10-15(16)22(14)4)18(24)20-8-9-25-5/h6-7,10,14H,8-9,11-12H2,1-5H3,(H,20,24)(H,21,23)/t14-/m0/s1. The number of fused-ring (bicyclic) bond motifs is 1. The maximum Gasteiger partial charge on any atom is 0.251 e. The second-order valence-corrected chi connectivity index (χ2v) is 7.51. The topological polar surface area (TPSA) is 79.9 Å². The van der Waals surface area contributed by atoms with Crippen LogP contribution in [0.25, 0.3) is 0 Å². The lowest BCUT2D eigenvalue weighted by molar-refractivity contribution is -0.123. The van der Waals surface area contributed by atoms with Crippen LogP contribution in [0.1, 0.15) is 37.6 Å². The van der Waals surface area contributed by atoms with Crippen LogP contribution in [0, 0.1) is 0 Å². The molecule has 0 bridgehead atoms. The zero-order valence-corrected chi connectivity index (χ0v) is 16.2. The number of hydrogen-bond acceptors (Lipinski definition) is 5. The number of hydrogen-bond donors (Lipinski definition) is 2. The second-order valence-electron chi connectivity index (χ2n) is 7.51. The monoisotopic (exact) mass is 363 g/mol. The molecule has 144 valence electrons. The minimum absolute atomic E-state index is 0.0186. The molecule has 1 heterocycles. The predicted molar refractivity (Wildman–Crippen MR) is 101 cm³/mol. The second kappa shape index (κ2) is 8.40. The lowest BCUT2D eigenvalue weighted by atomic mass is 10.1. The van der Waals surface area contributed by atoms with Crippen LogP contribution < -0.4 is 20.3 Å². The number of carbonyl (C=O) groups is 2. The molecular weight excluding hydrogens is 334 g/mol. The fourth-order valence-electron chi connectivity index (χ4n) is 2.80. The molecule has 26 heavy (non-hydrogen) atoms. The molecule has 0 saturated heterocycles. The van der Waals surface area contributed by atoms with Crippen LogP contribution in [0.4, 0.5) is 5.69 Å². The van der Waals surface area contributed by atoms with Gasteiger partial charge in [0, 0.05) is 31.8 Å². The molecule has 1 aromatic rings. The van der Waals surface area contributed by atoms with E-state index in [0.717, 1.165) is 5.69 Å². The molecule has 1 atom stereocenters. The molecule has 1 aliphatic rings. The van der Waals surface area contributed by atoms with Crippen molar-refractivity contribution in [3.05, 3.63) is 23.8 Å². The summed E-state index contributed by atoms with van der Waals surface area (Å²) in [7, 11) is 3.51. The van der Waals surface area contributed by atoms with Gasteiger partial charge in [-0.3, -0.25) is 9.59 Å². The van der Waals surface area contributed by atoms with Gasteiger partial charge in [0.05, 0.1) is 24.8 Å². The number of nitrogens with zero attached hydrogens (tertiary/aromatic N) is 1. The van der Waals surface area contributed by atoms with Crippen LogP contribution in [0.2, 0.25) is 0 Å². The smallest absolute Gasteiger partial charge is 0.251 e. The first-order chi connectivity index (χ1) is 12.2. The Morgan fingerprint density at radius 2 is 2.08 bits per heavy atom. The number of likely N-dealkylation sites (N-methyl/N-ethyl adjacent to an activating group) is 1. The maximum absolute atomic E-state index is 12.2. The zero-order valence-electron chi connectivity index (χ0n) is 16.2. The minimum Gasteiger partial charge on any atom is -0.489 e. The highest BCUT2D eigenvalue weighted by Gasteiger charge is 2.28. The first-order valence-electron chi connectivity index (χ1n) is 8.79. The van der Waals surface area contributed by atoms with Gasteiger partial charge in [-0.25, -0.2) is 0 Å². The van der Waals surface area contributed by atoms with Gasteiger partial charge < -0.3 is 25.0 Å². The van der Waals surface area contributed by atoms with E-state index in [4.69, 9.17) is 9.47 Å². The summed E-state index contributed by atoms with van der Waals surface area (Å²) in [5.74, 6) is 0.536. The van der Waals surface area contributed by atoms with Crippen LogP contribution in [-0.2, 0) is 9.53 Å². The summed E-state index contributed by atoms with van der Waals surface area (Å²) >= 11 is 0. The van der Waals surface area contributed by atoms with Gasteiger partial charge >= 0.3 is 0 Å². The molecule has 0 unspecified atom stereocenters. The quantitative estimate of drug-likeness (QED) is 0.750. The number of rotatable bonds is 6. The Labute approximate surface area is 155 Å². The largest absolute Gasteiger partial charge is 0.489 e. The van der Waals surface area contributed by atoms with Gasteiger partial charge in [-0.2, -0.15) is 0 Å². The van der Waals surface area contributed by atoms with Gasteiger partial charge in [0.2, 0.25) is 5.91 Å². The first-order valence-corrected chi connectivity index (χ1v) is 8.79. The molecule has 7 heteroatoms. The fourth-order valence-corrected chi connectivity index (χ4v) is 2.80. The average molecular weight is 363 g/mol. The normalized spacial score (nSPS) is 16.5. The van der Waals surface area contributed by atoms with Crippen molar-refractivity contribution in [1.29, 1.82) is 0 Å². The summed E-state index contributed by atoms with van der Waals surface area (Å²) < 4.78 is 10.7. The van der Waals surface area contributed by atoms with E-state index in [2.05, 4.69) is 10.6 Å². The third-order valence-corrected chi connectivity index (χ3v) is 4.11. The molecule has 0 radical (unpaired) electrons. The van der Waals surface area contributed by atoms with Crippen LogP contribution in [0.15, 0.2) is 18.2 Å². The van der Waals surface area contributed by atoms with E-state index in [1.54, 1.807) is 25.3 Å². The lowest BCUT2D eigenvalue weighted by Gasteiger charge is -2.36. The Morgan fingerprint density at radius 1 is 1.35 bits per heavy atom. The predicted octanol–water partition coefficient (Wildman–Crippen LogP) is 1.56. The Hall–Kier alpha value is -2.28. The molecule has 0 saturated carbocycles. The first kappa shape index (κ1) is 20.0. The number of carbonyl (C=O) groups excluding carboxylic acids is 2. The zero-order chi connectivity index (χ0) is 19.3. The number of ether oxygens (including phenoxy) is 2. The van der Waals surface area contributed by atoms with Gasteiger partial charge in [0.1, 0.15) is 12.4 Å². The van der Waals surface area contributed by atoms with Crippen molar-refractivity contribution in [3.63, 3.8) is 0 Å². The molecule has 2 N–H and O–H groups in total. The number of amides is 2. The summed E-state index contributed by atoms with van der Waals surface area (Å²) in [6.07, 6.45) is 0.331. The lowest BCUT2D eigenvalue weighted by Crippen LogP contribution is -2.47. The highest BCUT2D eigenvalue weighted by atomic mass is 16.5. The molecule has 2 rings (SSSR count). The van der Waals surface area contributed by atoms with E-state index in [-0.39, 0.29) is 23.4 Å². The van der Waals surface area contributed by atoms with E-state index in [0.29, 0.717) is 37.5 Å². The van der Waals surface area contributed by atoms with Crippen LogP contribution >= 0.6 is 0 Å². The Morgan fingerprint density at radius 3 is 2.73 bits per heavy atom. The molecule has 1 aromatic carbocycles. The van der Waals surface area contributed by atoms with Crippen molar-refractivity contribution >= 4 is 17.5 Å². The number of nitrogens with one attached hydrogen (secondary N) is 2. The Bertz CT molecular complexity index is 655. The molecule has 0 fully saturated rings. The van der Waals surface area contributed by atoms with Gasteiger partial charge in [0.15, 0.2) is 0 Å². The summed E-state index contributed by atoms with van der Waals surface area (Å²) in [6.45, 7) is 7.21. The van der Waals surface area contributed by atoms with E-state index in [1.165, 1.54) is 0 Å². The molecule has 1 aliphatic heterocycles. The van der Waals surface area contributed by atoms with E-state index < -0.39 is 0 Å². The fraction of sp³-hybridized carbons (Fsp3) is 0.579. The molecule has 0 spiro atoms. The van der Waals surface area contributed by atoms with Crippen molar-refractivity contribution in [2.75, 3.05) is 38.8 Å². The molecule has 2 amide bonds. The van der Waals surface area contributed by atoms with Crippen molar-refractivity contribution < 1.29 is 19.1 Å². The SMILES string of the molecule is COCCNC(=O)c1ccc2c(c1)N(C)[C@@H](CC(=O)NC(C)(C)C)CO2. The van der Waals surface area contributed by atoms with Crippen LogP contribution in [0.5, 0.6) is 5.75 Å². The average Bonchev–Trinajstić information content (AvgIpc) is 2.55. The number of methoxy groups -OCH3 is 1. The van der Waals surface area contributed by atoms with Gasteiger partial charge in [-0.05, 0) is 39.0 Å². The number of anilines is 1. The molecular formula is C19H29N3O4. The van der Waals surface area contributed by atoms with Crippen molar-refractivity contribution in [3.8, 4) is 5.75 Å². The van der Waals surface area contributed by atoms with Crippen LogP contribution in [-0.4, -0.2) is 57.3 Å². The minimum atomic E-state index is -0.267. The summed E-state index contributed by atoms with van der Waals surface area (Å²) in [4.78, 5) is 26.5. The summed E-state index contributed by atoms with van der Waals surface area (Å²) in [5.41, 5.74) is 1.09.